The molecule has 72 valence electrons. The van der Waals surface area contributed by atoms with Crippen LogP contribution in [-0.2, 0) is 4.74 Å². The highest BCUT2D eigenvalue weighted by atomic mass is 16.6. The third kappa shape index (κ3) is 2.10. The van der Waals surface area contributed by atoms with Crippen molar-refractivity contribution in [2.75, 3.05) is 6.61 Å². The summed E-state index contributed by atoms with van der Waals surface area (Å²) in [5.74, 6) is 0. The van der Waals surface area contributed by atoms with Crippen LogP contribution < -0.4 is 5.32 Å². The predicted octanol–water partition coefficient (Wildman–Crippen LogP) is 1.17. The zero-order valence-corrected chi connectivity index (χ0v) is 7.51. The number of rotatable bonds is 2. The van der Waals surface area contributed by atoms with E-state index in [0.717, 1.165) is 5.56 Å². The molecule has 1 fully saturated rings. The van der Waals surface area contributed by atoms with Crippen LogP contribution in [0.3, 0.4) is 0 Å². The summed E-state index contributed by atoms with van der Waals surface area (Å²) in [4.78, 5) is 14.8. The van der Waals surface area contributed by atoms with E-state index in [-0.39, 0.29) is 6.17 Å². The van der Waals surface area contributed by atoms with Crippen LogP contribution in [-0.4, -0.2) is 25.1 Å². The lowest BCUT2D eigenvalue weighted by molar-refractivity contribution is 0.177. The summed E-state index contributed by atoms with van der Waals surface area (Å²) in [6.45, 7) is 0.308. The minimum absolute atomic E-state index is 0.247. The lowest BCUT2D eigenvalue weighted by Gasteiger charge is -1.98. The summed E-state index contributed by atoms with van der Waals surface area (Å²) >= 11 is 0. The molecule has 1 atom stereocenters. The Hall–Kier alpha value is -1.84. The van der Waals surface area contributed by atoms with Gasteiger partial charge >= 0.3 is 6.09 Å². The van der Waals surface area contributed by atoms with Gasteiger partial charge in [0.1, 0.15) is 6.61 Å². The third-order valence-electron chi connectivity index (χ3n) is 1.86. The number of carbonyl (C=O) groups excluding carboxylic acids is 1. The zero-order chi connectivity index (χ0) is 9.80. The van der Waals surface area contributed by atoms with Crippen LogP contribution in [0.1, 0.15) is 5.56 Å². The SMILES string of the molecule is O=C1NC(/N=C/c2ccccc2)CO1. The van der Waals surface area contributed by atoms with Gasteiger partial charge in [-0.1, -0.05) is 30.3 Å². The van der Waals surface area contributed by atoms with Gasteiger partial charge in [-0.15, -0.1) is 0 Å². The molecule has 0 bridgehead atoms. The molecule has 1 heterocycles. The van der Waals surface area contributed by atoms with E-state index in [9.17, 15) is 4.79 Å². The lowest BCUT2D eigenvalue weighted by atomic mass is 10.2. The van der Waals surface area contributed by atoms with Crippen LogP contribution >= 0.6 is 0 Å². The molecule has 0 aliphatic carbocycles. The highest BCUT2D eigenvalue weighted by Crippen LogP contribution is 2.00. The Kier molecular flexibility index (Phi) is 2.44. The Morgan fingerprint density at radius 1 is 1.43 bits per heavy atom. The van der Waals surface area contributed by atoms with E-state index in [1.165, 1.54) is 0 Å². The van der Waals surface area contributed by atoms with Gasteiger partial charge in [0, 0.05) is 6.21 Å². The van der Waals surface area contributed by atoms with Crippen LogP contribution in [0.4, 0.5) is 4.79 Å². The molecule has 0 aromatic heterocycles. The summed E-state index contributed by atoms with van der Waals surface area (Å²) in [7, 11) is 0. The van der Waals surface area contributed by atoms with Crippen molar-refractivity contribution >= 4 is 12.3 Å². The minimum atomic E-state index is -0.403. The van der Waals surface area contributed by atoms with Gasteiger partial charge < -0.3 is 4.74 Å². The molecule has 1 aliphatic heterocycles. The van der Waals surface area contributed by atoms with E-state index in [1.807, 2.05) is 30.3 Å². The monoisotopic (exact) mass is 190 g/mol. The van der Waals surface area contributed by atoms with E-state index >= 15 is 0 Å². The van der Waals surface area contributed by atoms with Crippen molar-refractivity contribution in [3.05, 3.63) is 35.9 Å². The molecule has 1 amide bonds. The Morgan fingerprint density at radius 3 is 2.86 bits per heavy atom. The topological polar surface area (TPSA) is 50.7 Å². The van der Waals surface area contributed by atoms with Crippen molar-refractivity contribution in [3.8, 4) is 0 Å². The molecule has 1 N–H and O–H groups in total. The standard InChI is InChI=1S/C10H10N2O2/c13-10-12-9(7-14-10)11-6-8-4-2-1-3-5-8/h1-6,9H,7H2,(H,12,13)/b11-6+. The largest absolute Gasteiger partial charge is 0.445 e. The van der Waals surface area contributed by atoms with Crippen molar-refractivity contribution in [2.24, 2.45) is 4.99 Å². The highest BCUT2D eigenvalue weighted by Gasteiger charge is 2.19. The smallest absolute Gasteiger partial charge is 0.409 e. The van der Waals surface area contributed by atoms with E-state index in [2.05, 4.69) is 10.3 Å². The second-order valence-electron chi connectivity index (χ2n) is 2.95. The van der Waals surface area contributed by atoms with E-state index in [1.54, 1.807) is 6.21 Å². The summed E-state index contributed by atoms with van der Waals surface area (Å²) in [6.07, 6.45) is 1.07. The molecule has 1 aromatic carbocycles. The van der Waals surface area contributed by atoms with E-state index in [4.69, 9.17) is 4.74 Å². The van der Waals surface area contributed by atoms with Gasteiger partial charge in [0.05, 0.1) is 0 Å². The molecular weight excluding hydrogens is 180 g/mol. The molecule has 14 heavy (non-hydrogen) atoms. The molecule has 1 unspecified atom stereocenters. The molecule has 0 spiro atoms. The Balaban J connectivity index is 1.97. The number of nitrogens with zero attached hydrogens (tertiary/aromatic N) is 1. The number of hydrogen-bond donors (Lipinski definition) is 1. The number of aliphatic imine (C=N–C) groups is 1. The maximum Gasteiger partial charge on any atom is 0.409 e. The predicted molar refractivity (Wildman–Crippen MR) is 52.3 cm³/mol. The Morgan fingerprint density at radius 2 is 2.21 bits per heavy atom. The molecule has 4 nitrogen and oxygen atoms in total. The number of cyclic esters (lactones) is 1. The van der Waals surface area contributed by atoms with Gasteiger partial charge in [0.15, 0.2) is 6.17 Å². The van der Waals surface area contributed by atoms with Crippen LogP contribution in [0.5, 0.6) is 0 Å². The van der Waals surface area contributed by atoms with Gasteiger partial charge in [-0.3, -0.25) is 10.3 Å². The second kappa shape index (κ2) is 3.91. The number of amides is 1. The van der Waals surface area contributed by atoms with E-state index < -0.39 is 6.09 Å². The van der Waals surface area contributed by atoms with E-state index in [0.29, 0.717) is 6.61 Å². The molecule has 4 heteroatoms. The van der Waals surface area contributed by atoms with Crippen LogP contribution in [0.2, 0.25) is 0 Å². The normalized spacial score (nSPS) is 20.9. The van der Waals surface area contributed by atoms with Crippen LogP contribution in [0.15, 0.2) is 35.3 Å². The first-order chi connectivity index (χ1) is 6.84. The molecule has 1 aliphatic rings. The van der Waals surface area contributed by atoms with Crippen LogP contribution in [0.25, 0.3) is 0 Å². The fraction of sp³-hybridized carbons (Fsp3) is 0.200. The molecule has 0 saturated carbocycles. The average Bonchev–Trinajstić information content (AvgIpc) is 2.63. The van der Waals surface area contributed by atoms with Crippen molar-refractivity contribution in [1.82, 2.24) is 5.32 Å². The van der Waals surface area contributed by atoms with Gasteiger partial charge in [-0.2, -0.15) is 0 Å². The number of ether oxygens (including phenoxy) is 1. The number of hydrogen-bond acceptors (Lipinski definition) is 3. The maximum absolute atomic E-state index is 10.7. The first kappa shape index (κ1) is 8.74. The van der Waals surface area contributed by atoms with Crippen molar-refractivity contribution in [3.63, 3.8) is 0 Å². The highest BCUT2D eigenvalue weighted by molar-refractivity contribution is 5.80. The first-order valence-corrected chi connectivity index (χ1v) is 4.36. The fourth-order valence-corrected chi connectivity index (χ4v) is 1.17. The minimum Gasteiger partial charge on any atom is -0.445 e. The Labute approximate surface area is 81.6 Å². The maximum atomic E-state index is 10.7. The van der Waals surface area contributed by atoms with Crippen molar-refractivity contribution in [1.29, 1.82) is 0 Å². The molecular formula is C10H10N2O2. The van der Waals surface area contributed by atoms with Crippen LogP contribution in [0, 0.1) is 0 Å². The second-order valence-corrected chi connectivity index (χ2v) is 2.95. The molecule has 1 aromatic rings. The lowest BCUT2D eigenvalue weighted by Crippen LogP contribution is -2.23. The summed E-state index contributed by atoms with van der Waals surface area (Å²) < 4.78 is 4.69. The van der Waals surface area contributed by atoms with Gasteiger partial charge in [0.25, 0.3) is 0 Å². The molecule has 2 rings (SSSR count). The van der Waals surface area contributed by atoms with Gasteiger partial charge in [-0.25, -0.2) is 4.79 Å². The quantitative estimate of drug-likeness (QED) is 0.712. The first-order valence-electron chi connectivity index (χ1n) is 4.36. The summed E-state index contributed by atoms with van der Waals surface area (Å²) in [6, 6.07) is 9.70. The third-order valence-corrected chi connectivity index (χ3v) is 1.86. The molecule has 0 radical (unpaired) electrons. The summed E-state index contributed by atoms with van der Waals surface area (Å²) in [5, 5.41) is 2.57. The molecule has 1 saturated heterocycles. The summed E-state index contributed by atoms with van der Waals surface area (Å²) in [5.41, 5.74) is 1.01. The fourth-order valence-electron chi connectivity index (χ4n) is 1.17. The van der Waals surface area contributed by atoms with Gasteiger partial charge in [0.2, 0.25) is 0 Å². The van der Waals surface area contributed by atoms with Gasteiger partial charge in [-0.05, 0) is 5.56 Å². The average molecular weight is 190 g/mol. The van der Waals surface area contributed by atoms with Crippen molar-refractivity contribution < 1.29 is 9.53 Å². The zero-order valence-electron chi connectivity index (χ0n) is 7.51. The number of alkyl carbamates (subject to hydrolysis) is 1. The number of carbonyl (C=O) groups is 1. The number of benzene rings is 1. The number of nitrogens with one attached hydrogen (secondary N) is 1. The van der Waals surface area contributed by atoms with Crippen molar-refractivity contribution in [2.45, 2.75) is 6.17 Å². The Bertz CT molecular complexity index is 348.